The van der Waals surface area contributed by atoms with Crippen molar-refractivity contribution in [2.75, 3.05) is 19.0 Å². The molecule has 0 spiro atoms. The van der Waals surface area contributed by atoms with Crippen molar-refractivity contribution in [2.45, 2.75) is 37.6 Å². The summed E-state index contributed by atoms with van der Waals surface area (Å²) >= 11 is 3.98. The van der Waals surface area contributed by atoms with Gasteiger partial charge < -0.3 is 30.1 Å². The maximum Gasteiger partial charge on any atom is 0.217 e. The van der Waals surface area contributed by atoms with E-state index in [2.05, 4.69) is 17.9 Å². The second kappa shape index (κ2) is 7.27. The van der Waals surface area contributed by atoms with Crippen molar-refractivity contribution in [1.82, 2.24) is 5.32 Å². The van der Waals surface area contributed by atoms with E-state index in [9.17, 15) is 15.0 Å². The molecule has 1 aliphatic heterocycles. The normalized spacial score (nSPS) is 36.4. The standard InChI is InChI=1S/C10H19NO6S/c1-5(13)11-7-9(15)8(14)6(4-12)17-10(7)16-2-3-18/h6-10,12,14-15,18H,2-4H2,1H3,(H,11,13)/t6?,7-,8+,9+,10?/m0/s1. The Balaban J connectivity index is 2.76. The Hall–Kier alpha value is -0.380. The van der Waals surface area contributed by atoms with Crippen molar-refractivity contribution in [3.63, 3.8) is 0 Å². The van der Waals surface area contributed by atoms with E-state index in [4.69, 9.17) is 14.6 Å². The zero-order valence-electron chi connectivity index (χ0n) is 10.0. The molecule has 5 atom stereocenters. The minimum absolute atomic E-state index is 0.255. The molecule has 1 amide bonds. The quantitative estimate of drug-likeness (QED) is 0.369. The SMILES string of the molecule is CC(=O)N[C@@H]1C(OCCS)OC(CO)[C@@H](O)[C@@H]1O. The summed E-state index contributed by atoms with van der Waals surface area (Å²) in [7, 11) is 0. The fraction of sp³-hybridized carbons (Fsp3) is 0.900. The van der Waals surface area contributed by atoms with Gasteiger partial charge in [0, 0.05) is 12.7 Å². The molecule has 1 heterocycles. The lowest BCUT2D eigenvalue weighted by Gasteiger charge is -2.42. The molecule has 18 heavy (non-hydrogen) atoms. The van der Waals surface area contributed by atoms with E-state index in [1.807, 2.05) is 0 Å². The molecule has 0 radical (unpaired) electrons. The molecule has 0 aromatic heterocycles. The number of amides is 1. The summed E-state index contributed by atoms with van der Waals surface area (Å²) in [4.78, 5) is 11.1. The number of nitrogens with one attached hydrogen (secondary N) is 1. The number of carbonyl (C=O) groups is 1. The summed E-state index contributed by atoms with van der Waals surface area (Å²) < 4.78 is 10.6. The van der Waals surface area contributed by atoms with Crippen molar-refractivity contribution < 1.29 is 29.6 Å². The monoisotopic (exact) mass is 281 g/mol. The molecule has 1 fully saturated rings. The van der Waals surface area contributed by atoms with Gasteiger partial charge in [0.25, 0.3) is 0 Å². The molecule has 0 saturated carbocycles. The van der Waals surface area contributed by atoms with Gasteiger partial charge in [-0.05, 0) is 0 Å². The molecule has 0 aromatic carbocycles. The molecule has 2 unspecified atom stereocenters. The largest absolute Gasteiger partial charge is 0.394 e. The van der Waals surface area contributed by atoms with Crippen LogP contribution in [0.4, 0.5) is 0 Å². The van der Waals surface area contributed by atoms with E-state index < -0.39 is 37.3 Å². The average Bonchev–Trinajstić information content (AvgIpc) is 2.33. The number of thiol groups is 1. The van der Waals surface area contributed by atoms with E-state index in [0.717, 1.165) is 0 Å². The smallest absolute Gasteiger partial charge is 0.217 e. The zero-order valence-corrected chi connectivity index (χ0v) is 10.9. The topological polar surface area (TPSA) is 108 Å². The Morgan fingerprint density at radius 2 is 2.11 bits per heavy atom. The molecular formula is C10H19NO6S. The summed E-state index contributed by atoms with van der Waals surface area (Å²) in [5.41, 5.74) is 0. The van der Waals surface area contributed by atoms with Crippen LogP contribution in [0.5, 0.6) is 0 Å². The van der Waals surface area contributed by atoms with Gasteiger partial charge in [-0.3, -0.25) is 4.79 Å². The van der Waals surface area contributed by atoms with E-state index in [0.29, 0.717) is 5.75 Å². The molecule has 4 N–H and O–H groups in total. The number of aliphatic hydroxyl groups excluding tert-OH is 3. The Morgan fingerprint density at radius 1 is 1.44 bits per heavy atom. The van der Waals surface area contributed by atoms with E-state index in [1.165, 1.54) is 6.92 Å². The predicted molar refractivity (Wildman–Crippen MR) is 65.2 cm³/mol. The Morgan fingerprint density at radius 3 is 2.61 bits per heavy atom. The first-order valence-electron chi connectivity index (χ1n) is 5.63. The van der Waals surface area contributed by atoms with Gasteiger partial charge >= 0.3 is 0 Å². The highest BCUT2D eigenvalue weighted by Crippen LogP contribution is 2.22. The Labute approximate surface area is 110 Å². The van der Waals surface area contributed by atoms with Gasteiger partial charge in [-0.1, -0.05) is 0 Å². The van der Waals surface area contributed by atoms with Gasteiger partial charge in [-0.2, -0.15) is 12.6 Å². The third-order valence-corrected chi connectivity index (χ3v) is 2.81. The predicted octanol–water partition coefficient (Wildman–Crippen LogP) is -2.12. The molecule has 1 rings (SSSR count). The summed E-state index contributed by atoms with van der Waals surface area (Å²) in [6.07, 6.45) is -4.45. The van der Waals surface area contributed by atoms with Crippen molar-refractivity contribution in [1.29, 1.82) is 0 Å². The highest BCUT2D eigenvalue weighted by atomic mass is 32.1. The fourth-order valence-electron chi connectivity index (χ4n) is 1.78. The Kier molecular flexibility index (Phi) is 6.33. The summed E-state index contributed by atoms with van der Waals surface area (Å²) in [5, 5.41) is 31.1. The lowest BCUT2D eigenvalue weighted by molar-refractivity contribution is -0.268. The molecule has 0 aromatic rings. The first kappa shape index (κ1) is 15.7. The highest BCUT2D eigenvalue weighted by Gasteiger charge is 2.45. The van der Waals surface area contributed by atoms with Crippen LogP contribution in [-0.2, 0) is 14.3 Å². The second-order valence-corrected chi connectivity index (χ2v) is 4.47. The molecule has 7 nitrogen and oxygen atoms in total. The zero-order chi connectivity index (χ0) is 13.7. The molecular weight excluding hydrogens is 262 g/mol. The minimum Gasteiger partial charge on any atom is -0.394 e. The maximum atomic E-state index is 11.1. The van der Waals surface area contributed by atoms with Gasteiger partial charge in [0.15, 0.2) is 6.29 Å². The minimum atomic E-state index is -1.29. The second-order valence-electron chi connectivity index (χ2n) is 4.03. The molecule has 0 aliphatic carbocycles. The molecule has 1 saturated heterocycles. The lowest BCUT2D eigenvalue weighted by atomic mass is 9.97. The van der Waals surface area contributed by atoms with Crippen LogP contribution in [0.2, 0.25) is 0 Å². The fourth-order valence-corrected chi connectivity index (χ4v) is 1.89. The van der Waals surface area contributed by atoms with Gasteiger partial charge in [-0.15, -0.1) is 0 Å². The number of hydrogen-bond acceptors (Lipinski definition) is 7. The molecule has 0 bridgehead atoms. The van der Waals surface area contributed by atoms with Gasteiger partial charge in [0.1, 0.15) is 24.4 Å². The van der Waals surface area contributed by atoms with Crippen LogP contribution < -0.4 is 5.32 Å². The third kappa shape index (κ3) is 3.81. The average molecular weight is 281 g/mol. The van der Waals surface area contributed by atoms with E-state index in [-0.39, 0.29) is 12.5 Å². The molecule has 8 heteroatoms. The van der Waals surface area contributed by atoms with Crippen LogP contribution in [0.1, 0.15) is 6.92 Å². The number of carbonyl (C=O) groups excluding carboxylic acids is 1. The van der Waals surface area contributed by atoms with E-state index in [1.54, 1.807) is 0 Å². The van der Waals surface area contributed by atoms with Crippen molar-refractivity contribution in [2.24, 2.45) is 0 Å². The van der Waals surface area contributed by atoms with Crippen molar-refractivity contribution >= 4 is 18.5 Å². The van der Waals surface area contributed by atoms with Gasteiger partial charge in [0.05, 0.1) is 13.2 Å². The highest BCUT2D eigenvalue weighted by molar-refractivity contribution is 7.80. The van der Waals surface area contributed by atoms with Crippen LogP contribution >= 0.6 is 12.6 Å². The summed E-state index contributed by atoms with van der Waals surface area (Å²) in [5.74, 6) is 0.0616. The van der Waals surface area contributed by atoms with Crippen LogP contribution in [0.25, 0.3) is 0 Å². The van der Waals surface area contributed by atoms with Crippen LogP contribution in [0.15, 0.2) is 0 Å². The molecule has 106 valence electrons. The summed E-state index contributed by atoms with van der Waals surface area (Å²) in [6, 6.07) is -0.889. The number of hydrogen-bond donors (Lipinski definition) is 5. The number of ether oxygens (including phenoxy) is 2. The van der Waals surface area contributed by atoms with Crippen LogP contribution in [0, 0.1) is 0 Å². The van der Waals surface area contributed by atoms with Crippen LogP contribution in [-0.4, -0.2) is 70.8 Å². The first-order valence-corrected chi connectivity index (χ1v) is 6.26. The van der Waals surface area contributed by atoms with Crippen molar-refractivity contribution in [3.05, 3.63) is 0 Å². The van der Waals surface area contributed by atoms with Gasteiger partial charge in [-0.25, -0.2) is 0 Å². The number of rotatable bonds is 5. The van der Waals surface area contributed by atoms with Crippen LogP contribution in [0.3, 0.4) is 0 Å². The number of aliphatic hydroxyl groups is 3. The Bertz CT molecular complexity index is 279. The summed E-state index contributed by atoms with van der Waals surface area (Å²) in [6.45, 7) is 1.09. The lowest BCUT2D eigenvalue weighted by Crippen LogP contribution is -2.64. The molecule has 1 aliphatic rings. The third-order valence-electron chi connectivity index (χ3n) is 2.62. The van der Waals surface area contributed by atoms with E-state index >= 15 is 0 Å². The maximum absolute atomic E-state index is 11.1. The first-order chi connectivity index (χ1) is 8.51. The van der Waals surface area contributed by atoms with Crippen molar-refractivity contribution in [3.8, 4) is 0 Å². The van der Waals surface area contributed by atoms with Gasteiger partial charge in [0.2, 0.25) is 5.91 Å².